The molecule has 0 amide bonds. The smallest absolute Gasteiger partial charge is 0.283 e. The van der Waals surface area contributed by atoms with Gasteiger partial charge in [-0.25, -0.2) is 9.36 Å². The molecule has 1 fully saturated rings. The van der Waals surface area contributed by atoms with E-state index >= 15 is 0 Å². The Hall–Kier alpha value is -1.47. The Kier molecular flexibility index (Phi) is 3.39. The quantitative estimate of drug-likeness (QED) is 0.597. The first-order valence-corrected chi connectivity index (χ1v) is 5.91. The lowest BCUT2D eigenvalue weighted by Crippen LogP contribution is -2.39. The summed E-state index contributed by atoms with van der Waals surface area (Å²) >= 11 is 5.93. The molecule has 2 rings (SSSR count). The van der Waals surface area contributed by atoms with Gasteiger partial charge in [0.15, 0.2) is 0 Å². The third-order valence-corrected chi connectivity index (χ3v) is 3.09. The van der Waals surface area contributed by atoms with Gasteiger partial charge >= 0.3 is 5.69 Å². The van der Waals surface area contributed by atoms with E-state index in [4.69, 9.17) is 11.6 Å². The maximum atomic E-state index is 12.1. The first kappa shape index (κ1) is 12.0. The van der Waals surface area contributed by atoms with Crippen molar-refractivity contribution < 1.29 is 0 Å². The van der Waals surface area contributed by atoms with Crippen LogP contribution in [-0.4, -0.2) is 9.13 Å². The van der Waals surface area contributed by atoms with Crippen LogP contribution in [0.5, 0.6) is 0 Å². The Labute approximate surface area is 104 Å². The highest BCUT2D eigenvalue weighted by Crippen LogP contribution is 2.30. The zero-order valence-corrected chi connectivity index (χ0v) is 10.3. The second-order valence-electron chi connectivity index (χ2n) is 4.15. The molecule has 0 N–H and O–H groups in total. The van der Waals surface area contributed by atoms with Crippen molar-refractivity contribution in [1.29, 1.82) is 0 Å². The van der Waals surface area contributed by atoms with E-state index in [1.54, 1.807) is 6.92 Å². The number of hydrogen-bond acceptors (Lipinski definition) is 2. The second-order valence-corrected chi connectivity index (χ2v) is 4.54. The van der Waals surface area contributed by atoms with E-state index in [0.29, 0.717) is 12.5 Å². The Balaban J connectivity index is 2.46. The van der Waals surface area contributed by atoms with Gasteiger partial charge in [-0.15, -0.1) is 5.92 Å². The van der Waals surface area contributed by atoms with Crippen molar-refractivity contribution >= 4 is 11.6 Å². The number of nitrogens with zero attached hydrogens (tertiary/aromatic N) is 2. The zero-order valence-electron chi connectivity index (χ0n) is 9.57. The van der Waals surface area contributed by atoms with Gasteiger partial charge < -0.3 is 0 Å². The average Bonchev–Trinajstić information content (AvgIpc) is 3.08. The summed E-state index contributed by atoms with van der Waals surface area (Å²) < 4.78 is 2.57. The molecule has 5 heteroatoms. The maximum Gasteiger partial charge on any atom is 0.332 e. The van der Waals surface area contributed by atoms with Gasteiger partial charge in [0, 0.05) is 12.6 Å². The predicted molar refractivity (Wildman–Crippen MR) is 66.1 cm³/mol. The molecular formula is C12H13ClN2O2. The first-order valence-electron chi connectivity index (χ1n) is 5.53. The summed E-state index contributed by atoms with van der Waals surface area (Å²) in [6, 6.07) is 1.28. The zero-order chi connectivity index (χ0) is 12.4. The van der Waals surface area contributed by atoms with Crippen LogP contribution >= 0.6 is 11.6 Å². The molecule has 0 bridgehead atoms. The van der Waals surface area contributed by atoms with Gasteiger partial charge in [-0.1, -0.05) is 17.5 Å². The molecule has 0 saturated heterocycles. The summed E-state index contributed by atoms with van der Waals surface area (Å²) in [6.07, 6.45) is 2.24. The second kappa shape index (κ2) is 4.80. The number of halogens is 1. The van der Waals surface area contributed by atoms with Crippen molar-refractivity contribution in [3.05, 3.63) is 32.1 Å². The van der Waals surface area contributed by atoms with Gasteiger partial charge in [0.1, 0.15) is 5.15 Å². The molecule has 0 radical (unpaired) electrons. The van der Waals surface area contributed by atoms with E-state index in [2.05, 4.69) is 11.8 Å². The monoisotopic (exact) mass is 252 g/mol. The summed E-state index contributed by atoms with van der Waals surface area (Å²) in [7, 11) is 0. The normalized spacial score (nSPS) is 14.2. The van der Waals surface area contributed by atoms with Crippen LogP contribution in [0.4, 0.5) is 0 Å². The van der Waals surface area contributed by atoms with E-state index in [1.165, 1.54) is 10.6 Å². The highest BCUT2D eigenvalue weighted by atomic mass is 35.5. The molecule has 0 aliphatic heterocycles. The van der Waals surface area contributed by atoms with E-state index in [1.807, 2.05) is 0 Å². The Bertz CT molecular complexity index is 600. The third kappa shape index (κ3) is 2.62. The highest BCUT2D eigenvalue weighted by Gasteiger charge is 2.23. The van der Waals surface area contributed by atoms with E-state index in [0.717, 1.165) is 17.4 Å². The number of rotatable bonds is 3. The van der Waals surface area contributed by atoms with Crippen molar-refractivity contribution in [3.63, 3.8) is 0 Å². The molecular weight excluding hydrogens is 240 g/mol. The number of hydrogen-bond donors (Lipinski definition) is 0. The minimum Gasteiger partial charge on any atom is -0.283 e. The lowest BCUT2D eigenvalue weighted by molar-refractivity contribution is 0.551. The summed E-state index contributed by atoms with van der Waals surface area (Å²) in [5.74, 6) is 5.91. The maximum absolute atomic E-state index is 12.1. The van der Waals surface area contributed by atoms with Crippen LogP contribution in [0.2, 0.25) is 5.15 Å². The standard InChI is InChI=1S/C12H13ClN2O2/c1-2-3-6-14-11(16)7-10(13)15(12(14)17)8-9-4-5-9/h7,9H,4-6,8H2,1H3. The van der Waals surface area contributed by atoms with Crippen molar-refractivity contribution in [2.24, 2.45) is 5.92 Å². The SMILES string of the molecule is CC#CCn1c(=O)cc(Cl)n(CC2CC2)c1=O. The molecule has 1 aliphatic carbocycles. The number of aromatic nitrogens is 2. The van der Waals surface area contributed by atoms with Crippen LogP contribution in [0.1, 0.15) is 19.8 Å². The fraction of sp³-hybridized carbons (Fsp3) is 0.500. The molecule has 0 unspecified atom stereocenters. The average molecular weight is 253 g/mol. The molecule has 1 aromatic rings. The highest BCUT2D eigenvalue weighted by molar-refractivity contribution is 6.29. The molecule has 1 saturated carbocycles. The fourth-order valence-electron chi connectivity index (χ4n) is 1.62. The van der Waals surface area contributed by atoms with Gasteiger partial charge in [0.2, 0.25) is 0 Å². The van der Waals surface area contributed by atoms with Gasteiger partial charge in [-0.3, -0.25) is 9.36 Å². The molecule has 1 heterocycles. The predicted octanol–water partition coefficient (Wildman–Crippen LogP) is 1.10. The Morgan fingerprint density at radius 2 is 2.12 bits per heavy atom. The Morgan fingerprint density at radius 3 is 2.71 bits per heavy atom. The van der Waals surface area contributed by atoms with Gasteiger partial charge in [0.05, 0.1) is 6.54 Å². The van der Waals surface area contributed by atoms with Crippen molar-refractivity contribution in [2.45, 2.75) is 32.9 Å². The van der Waals surface area contributed by atoms with E-state index in [9.17, 15) is 9.59 Å². The molecule has 4 nitrogen and oxygen atoms in total. The fourth-order valence-corrected chi connectivity index (χ4v) is 1.85. The first-order chi connectivity index (χ1) is 8.13. The lowest BCUT2D eigenvalue weighted by atomic mass is 10.4. The third-order valence-electron chi connectivity index (χ3n) is 2.78. The van der Waals surface area contributed by atoms with Gasteiger partial charge in [-0.05, 0) is 25.7 Å². The topological polar surface area (TPSA) is 44.0 Å². The molecule has 0 aromatic carbocycles. The van der Waals surface area contributed by atoms with E-state index in [-0.39, 0.29) is 17.4 Å². The summed E-state index contributed by atoms with van der Waals surface area (Å²) in [4.78, 5) is 23.7. The van der Waals surface area contributed by atoms with Crippen molar-refractivity contribution in [3.8, 4) is 11.8 Å². The van der Waals surface area contributed by atoms with Crippen LogP contribution in [0, 0.1) is 17.8 Å². The van der Waals surface area contributed by atoms with Crippen molar-refractivity contribution in [2.75, 3.05) is 0 Å². The minimum absolute atomic E-state index is 0.121. The largest absolute Gasteiger partial charge is 0.332 e. The lowest BCUT2D eigenvalue weighted by Gasteiger charge is -2.09. The van der Waals surface area contributed by atoms with Crippen LogP contribution in [-0.2, 0) is 13.1 Å². The summed E-state index contributed by atoms with van der Waals surface area (Å²) in [5.41, 5.74) is -0.757. The summed E-state index contributed by atoms with van der Waals surface area (Å²) in [6.45, 7) is 2.39. The van der Waals surface area contributed by atoms with Crippen LogP contribution in [0.3, 0.4) is 0 Å². The van der Waals surface area contributed by atoms with Crippen molar-refractivity contribution in [1.82, 2.24) is 9.13 Å². The molecule has 17 heavy (non-hydrogen) atoms. The molecule has 1 aromatic heterocycles. The molecule has 0 spiro atoms. The molecule has 90 valence electrons. The molecule has 0 atom stereocenters. The van der Waals surface area contributed by atoms with Crippen LogP contribution in [0.25, 0.3) is 0 Å². The van der Waals surface area contributed by atoms with Crippen LogP contribution < -0.4 is 11.2 Å². The van der Waals surface area contributed by atoms with Crippen LogP contribution in [0.15, 0.2) is 15.7 Å². The van der Waals surface area contributed by atoms with Gasteiger partial charge in [0.25, 0.3) is 5.56 Å². The van der Waals surface area contributed by atoms with E-state index < -0.39 is 5.56 Å². The summed E-state index contributed by atoms with van der Waals surface area (Å²) in [5, 5.41) is 0.215. The minimum atomic E-state index is -0.394. The Morgan fingerprint density at radius 1 is 1.41 bits per heavy atom. The molecule has 1 aliphatic rings. The van der Waals surface area contributed by atoms with Gasteiger partial charge in [-0.2, -0.15) is 0 Å².